The Morgan fingerprint density at radius 2 is 2.10 bits per heavy atom. The van der Waals surface area contributed by atoms with Crippen molar-refractivity contribution in [3.63, 3.8) is 0 Å². The highest BCUT2D eigenvalue weighted by Crippen LogP contribution is 2.31. The molecule has 0 N–H and O–H groups in total. The largest absolute Gasteiger partial charge is 0.548 e. The molecular formula is C16H28O4Si. The molecule has 1 atom stereocenters. The van der Waals surface area contributed by atoms with Gasteiger partial charge in [0.2, 0.25) is 8.32 Å². The second-order valence-corrected chi connectivity index (χ2v) is 11.1. The van der Waals surface area contributed by atoms with Crippen LogP contribution < -0.4 is 0 Å². The second kappa shape index (κ2) is 7.78. The maximum atomic E-state index is 11.8. The van der Waals surface area contributed by atoms with Crippen molar-refractivity contribution in [1.82, 2.24) is 0 Å². The molecule has 0 radical (unpaired) electrons. The number of ether oxygens (including phenoxy) is 1. The molecule has 1 unspecified atom stereocenters. The maximum Gasteiger partial charge on any atom is 0.306 e. The van der Waals surface area contributed by atoms with Crippen LogP contribution in [0.2, 0.25) is 19.6 Å². The van der Waals surface area contributed by atoms with E-state index in [1.165, 1.54) is 0 Å². The normalized spacial score (nSPS) is 22.4. The Labute approximate surface area is 129 Å². The molecule has 5 heteroatoms. The van der Waals surface area contributed by atoms with Gasteiger partial charge in [-0.15, -0.1) is 0 Å². The molecule has 0 heterocycles. The third-order valence-electron chi connectivity index (χ3n) is 3.42. The van der Waals surface area contributed by atoms with Gasteiger partial charge in [-0.1, -0.05) is 19.8 Å². The zero-order valence-corrected chi connectivity index (χ0v) is 14.7. The first-order valence-corrected chi connectivity index (χ1v) is 11.3. The van der Waals surface area contributed by atoms with Gasteiger partial charge in [0.05, 0.1) is 5.76 Å². The van der Waals surface area contributed by atoms with Gasteiger partial charge in [-0.3, -0.25) is 9.59 Å². The minimum Gasteiger partial charge on any atom is -0.548 e. The fourth-order valence-corrected chi connectivity index (χ4v) is 3.30. The SMILES string of the molecule is CCCCCC(=O)OC1(C=O)CC=C(O[Si](C)(C)C)CC1. The Hall–Kier alpha value is -1.10. The molecule has 0 bridgehead atoms. The number of unbranched alkanes of at least 4 members (excludes halogenated alkanes) is 2. The number of aldehydes is 1. The summed E-state index contributed by atoms with van der Waals surface area (Å²) in [4.78, 5) is 23.2. The lowest BCUT2D eigenvalue weighted by atomic mass is 9.89. The van der Waals surface area contributed by atoms with E-state index in [1.54, 1.807) is 0 Å². The van der Waals surface area contributed by atoms with Crippen LogP contribution in [-0.2, 0) is 18.8 Å². The van der Waals surface area contributed by atoms with E-state index in [4.69, 9.17) is 9.16 Å². The monoisotopic (exact) mass is 312 g/mol. The summed E-state index contributed by atoms with van der Waals surface area (Å²) in [5, 5.41) is 0. The number of rotatable bonds is 8. The number of hydrogen-bond donors (Lipinski definition) is 0. The molecule has 0 fully saturated rings. The Balaban J connectivity index is 2.56. The first-order valence-electron chi connectivity index (χ1n) is 7.86. The van der Waals surface area contributed by atoms with Crippen molar-refractivity contribution < 1.29 is 18.8 Å². The molecule has 120 valence electrons. The van der Waals surface area contributed by atoms with Crippen LogP contribution >= 0.6 is 0 Å². The van der Waals surface area contributed by atoms with Crippen molar-refractivity contribution in [3.8, 4) is 0 Å². The van der Waals surface area contributed by atoms with Gasteiger partial charge in [0.1, 0.15) is 0 Å². The third kappa shape index (κ3) is 6.46. The van der Waals surface area contributed by atoms with Gasteiger partial charge in [0.15, 0.2) is 11.9 Å². The number of allylic oxidation sites excluding steroid dienone is 1. The Kier molecular flexibility index (Phi) is 6.65. The van der Waals surface area contributed by atoms with E-state index in [0.717, 1.165) is 31.3 Å². The molecule has 1 rings (SSSR count). The highest BCUT2D eigenvalue weighted by atomic mass is 28.4. The summed E-state index contributed by atoms with van der Waals surface area (Å²) in [5.41, 5.74) is -0.977. The van der Waals surface area contributed by atoms with Crippen LogP contribution in [0.5, 0.6) is 0 Å². The van der Waals surface area contributed by atoms with Crippen LogP contribution in [0.15, 0.2) is 11.8 Å². The predicted molar refractivity (Wildman–Crippen MR) is 85.4 cm³/mol. The van der Waals surface area contributed by atoms with Crippen molar-refractivity contribution in [2.75, 3.05) is 0 Å². The van der Waals surface area contributed by atoms with E-state index in [1.807, 2.05) is 6.08 Å². The summed E-state index contributed by atoms with van der Waals surface area (Å²) in [6, 6.07) is 0. The Bertz CT molecular complexity index is 398. The average Bonchev–Trinajstić information content (AvgIpc) is 2.40. The van der Waals surface area contributed by atoms with Crippen LogP contribution in [-0.4, -0.2) is 26.2 Å². The Morgan fingerprint density at radius 1 is 1.38 bits per heavy atom. The van der Waals surface area contributed by atoms with Crippen molar-refractivity contribution in [2.45, 2.75) is 77.1 Å². The fourth-order valence-electron chi connectivity index (χ4n) is 2.33. The van der Waals surface area contributed by atoms with E-state index >= 15 is 0 Å². The lowest BCUT2D eigenvalue weighted by molar-refractivity contribution is -0.164. The molecule has 0 aromatic rings. The molecule has 0 saturated carbocycles. The zero-order valence-electron chi connectivity index (χ0n) is 13.7. The molecule has 21 heavy (non-hydrogen) atoms. The van der Waals surface area contributed by atoms with Gasteiger partial charge in [0.25, 0.3) is 0 Å². The molecule has 0 spiro atoms. The lowest BCUT2D eigenvalue weighted by Gasteiger charge is -2.33. The number of carbonyl (C=O) groups excluding carboxylic acids is 2. The van der Waals surface area contributed by atoms with Crippen LogP contribution in [0.3, 0.4) is 0 Å². The summed E-state index contributed by atoms with van der Waals surface area (Å²) >= 11 is 0. The molecule has 0 aromatic heterocycles. The van der Waals surface area contributed by atoms with E-state index < -0.39 is 13.9 Å². The Morgan fingerprint density at radius 3 is 2.57 bits per heavy atom. The first-order chi connectivity index (χ1) is 9.80. The van der Waals surface area contributed by atoms with E-state index in [0.29, 0.717) is 25.7 Å². The number of esters is 1. The van der Waals surface area contributed by atoms with E-state index in [2.05, 4.69) is 26.6 Å². The summed E-state index contributed by atoms with van der Waals surface area (Å²) in [5.74, 6) is 0.673. The molecule has 1 aliphatic carbocycles. The van der Waals surface area contributed by atoms with Gasteiger partial charge >= 0.3 is 5.97 Å². The quantitative estimate of drug-likeness (QED) is 0.294. The second-order valence-electron chi connectivity index (χ2n) is 6.70. The fraction of sp³-hybridized carbons (Fsp3) is 0.750. The smallest absolute Gasteiger partial charge is 0.306 e. The molecule has 0 aliphatic heterocycles. The maximum absolute atomic E-state index is 11.8. The van der Waals surface area contributed by atoms with Gasteiger partial charge in [-0.2, -0.15) is 0 Å². The third-order valence-corrected chi connectivity index (χ3v) is 4.30. The lowest BCUT2D eigenvalue weighted by Crippen LogP contribution is -2.39. The highest BCUT2D eigenvalue weighted by molar-refractivity contribution is 6.70. The highest BCUT2D eigenvalue weighted by Gasteiger charge is 2.36. The van der Waals surface area contributed by atoms with Crippen molar-refractivity contribution in [1.29, 1.82) is 0 Å². The van der Waals surface area contributed by atoms with Crippen molar-refractivity contribution in [2.24, 2.45) is 0 Å². The van der Waals surface area contributed by atoms with Crippen molar-refractivity contribution in [3.05, 3.63) is 11.8 Å². The van der Waals surface area contributed by atoms with Crippen LogP contribution in [0.1, 0.15) is 51.9 Å². The van der Waals surface area contributed by atoms with E-state index in [-0.39, 0.29) is 5.97 Å². The summed E-state index contributed by atoms with van der Waals surface area (Å²) in [6.45, 7) is 8.47. The molecule has 4 nitrogen and oxygen atoms in total. The van der Waals surface area contributed by atoms with Crippen LogP contribution in [0.25, 0.3) is 0 Å². The topological polar surface area (TPSA) is 52.6 Å². The number of carbonyl (C=O) groups is 2. The van der Waals surface area contributed by atoms with Crippen LogP contribution in [0.4, 0.5) is 0 Å². The first kappa shape index (κ1) is 17.9. The predicted octanol–water partition coefficient (Wildman–Crippen LogP) is 3.97. The summed E-state index contributed by atoms with van der Waals surface area (Å²) in [7, 11) is -1.62. The summed E-state index contributed by atoms with van der Waals surface area (Å²) < 4.78 is 11.4. The molecule has 0 saturated heterocycles. The molecule has 1 aliphatic rings. The van der Waals surface area contributed by atoms with Crippen LogP contribution in [0, 0.1) is 0 Å². The summed E-state index contributed by atoms with van der Waals surface area (Å²) in [6.07, 6.45) is 7.59. The van der Waals surface area contributed by atoms with Crippen molar-refractivity contribution >= 4 is 20.6 Å². The van der Waals surface area contributed by atoms with Gasteiger partial charge in [-0.25, -0.2) is 0 Å². The number of hydrogen-bond acceptors (Lipinski definition) is 4. The minimum absolute atomic E-state index is 0.265. The molecular weight excluding hydrogens is 284 g/mol. The van der Waals surface area contributed by atoms with E-state index in [9.17, 15) is 9.59 Å². The van der Waals surface area contributed by atoms with Gasteiger partial charge < -0.3 is 9.16 Å². The zero-order chi connectivity index (χ0) is 15.9. The van der Waals surface area contributed by atoms with Gasteiger partial charge in [0, 0.05) is 25.7 Å². The average molecular weight is 312 g/mol. The molecule has 0 amide bonds. The van der Waals surface area contributed by atoms with Gasteiger partial charge in [-0.05, 0) is 32.1 Å². The standard InChI is InChI=1S/C16H28O4Si/c1-5-6-7-8-15(18)19-16(13-17)11-9-14(10-12-16)20-21(2,3)4/h9,13H,5-8,10-12H2,1-4H3. The minimum atomic E-state index is -1.62. The molecule has 0 aromatic carbocycles.